The van der Waals surface area contributed by atoms with Crippen molar-refractivity contribution >= 4 is 29.4 Å². The van der Waals surface area contributed by atoms with Crippen LogP contribution in [0.25, 0.3) is 11.3 Å². The van der Waals surface area contributed by atoms with E-state index in [1.54, 1.807) is 0 Å². The van der Waals surface area contributed by atoms with Gasteiger partial charge in [-0.25, -0.2) is 9.18 Å². The van der Waals surface area contributed by atoms with E-state index in [9.17, 15) is 18.8 Å². The Morgan fingerprint density at radius 1 is 1.24 bits per heavy atom. The summed E-state index contributed by atoms with van der Waals surface area (Å²) in [6, 6.07) is 2.56. The first-order valence-corrected chi connectivity index (χ1v) is 11.1. The Hall–Kier alpha value is -3.14. The number of aromatic nitrogens is 2. The van der Waals surface area contributed by atoms with Gasteiger partial charge in [0.25, 0.3) is 5.91 Å². The predicted octanol–water partition coefficient (Wildman–Crippen LogP) is 2.58. The molecule has 1 aliphatic carbocycles. The molecule has 33 heavy (non-hydrogen) atoms. The first-order chi connectivity index (χ1) is 15.4. The normalized spacial score (nSPS) is 18.0. The summed E-state index contributed by atoms with van der Waals surface area (Å²) in [5, 5.41) is 10.3. The number of primary amides is 1. The van der Waals surface area contributed by atoms with Crippen molar-refractivity contribution in [2.24, 2.45) is 5.73 Å². The number of hydrogen-bond acceptors (Lipinski definition) is 4. The zero-order chi connectivity index (χ0) is 24.1. The molecule has 11 heteroatoms. The van der Waals surface area contributed by atoms with E-state index in [-0.39, 0.29) is 41.3 Å². The quantitative estimate of drug-likeness (QED) is 0.627. The highest BCUT2D eigenvalue weighted by Crippen LogP contribution is 2.34. The van der Waals surface area contributed by atoms with Crippen molar-refractivity contribution in [1.82, 2.24) is 25.3 Å². The summed E-state index contributed by atoms with van der Waals surface area (Å²) in [6.07, 6.45) is 1.78. The maximum Gasteiger partial charge on any atom is 0.315 e. The summed E-state index contributed by atoms with van der Waals surface area (Å²) in [7, 11) is 0. The fourth-order valence-corrected chi connectivity index (χ4v) is 3.96. The van der Waals surface area contributed by atoms with Crippen LogP contribution in [-0.2, 0) is 11.3 Å². The molecule has 0 radical (unpaired) electrons. The number of nitrogens with zero attached hydrogens (tertiary/aromatic N) is 3. The zero-order valence-corrected chi connectivity index (χ0v) is 19.4. The number of rotatable bonds is 4. The lowest BCUT2D eigenvalue weighted by Gasteiger charge is -2.32. The lowest BCUT2D eigenvalue weighted by molar-refractivity contribution is -0.125. The molecule has 1 aliphatic heterocycles. The summed E-state index contributed by atoms with van der Waals surface area (Å²) in [4.78, 5) is 39.8. The molecule has 4 amide bonds. The minimum absolute atomic E-state index is 0.00261. The van der Waals surface area contributed by atoms with E-state index in [1.807, 2.05) is 20.8 Å². The van der Waals surface area contributed by atoms with Crippen molar-refractivity contribution in [3.8, 4) is 11.3 Å². The van der Waals surface area contributed by atoms with Crippen molar-refractivity contribution in [3.63, 3.8) is 0 Å². The Kier molecular flexibility index (Phi) is 5.81. The van der Waals surface area contributed by atoms with E-state index in [1.165, 1.54) is 27.8 Å². The molecular weight excluding hydrogens is 451 g/mol. The summed E-state index contributed by atoms with van der Waals surface area (Å²) >= 11 is 5.99. The average Bonchev–Trinajstić information content (AvgIpc) is 3.43. The Morgan fingerprint density at radius 3 is 2.52 bits per heavy atom. The van der Waals surface area contributed by atoms with Crippen LogP contribution < -0.4 is 16.4 Å². The SMILES string of the molecule is CC(C)(C)NC(=O)c1c(-c2ccc(F)c(Cl)c2)nn2c1CN(C(N)=O)CC2C(=O)NC1CC1. The monoisotopic (exact) mass is 476 g/mol. The molecule has 0 saturated heterocycles. The molecule has 4 N–H and O–H groups in total. The van der Waals surface area contributed by atoms with Gasteiger partial charge in [-0.05, 0) is 51.8 Å². The van der Waals surface area contributed by atoms with E-state index in [0.717, 1.165) is 12.8 Å². The Balaban J connectivity index is 1.88. The fourth-order valence-electron chi connectivity index (χ4n) is 3.78. The lowest BCUT2D eigenvalue weighted by Crippen LogP contribution is -2.49. The molecule has 1 aromatic carbocycles. The Morgan fingerprint density at radius 2 is 1.94 bits per heavy atom. The maximum absolute atomic E-state index is 13.8. The molecule has 4 rings (SSSR count). The van der Waals surface area contributed by atoms with Crippen molar-refractivity contribution in [2.75, 3.05) is 6.54 Å². The number of carbonyl (C=O) groups excluding carboxylic acids is 3. The van der Waals surface area contributed by atoms with E-state index >= 15 is 0 Å². The van der Waals surface area contributed by atoms with Crippen molar-refractivity contribution < 1.29 is 18.8 Å². The number of amides is 4. The molecule has 1 fully saturated rings. The van der Waals surface area contributed by atoms with E-state index in [0.29, 0.717) is 11.3 Å². The van der Waals surface area contributed by atoms with Gasteiger partial charge in [0.15, 0.2) is 0 Å². The fraction of sp³-hybridized carbons (Fsp3) is 0.455. The topological polar surface area (TPSA) is 122 Å². The van der Waals surface area contributed by atoms with Crippen molar-refractivity contribution in [2.45, 2.75) is 57.8 Å². The number of nitrogens with two attached hydrogens (primary N) is 1. The Bertz CT molecular complexity index is 1140. The highest BCUT2D eigenvalue weighted by Gasteiger charge is 2.39. The second kappa shape index (κ2) is 8.33. The first kappa shape index (κ1) is 23.0. The lowest BCUT2D eigenvalue weighted by atomic mass is 10.0. The van der Waals surface area contributed by atoms with Crippen LogP contribution in [0.15, 0.2) is 18.2 Å². The molecule has 1 saturated carbocycles. The second-order valence-electron chi connectivity index (χ2n) is 9.47. The molecule has 2 aliphatic rings. The third-order valence-corrected chi connectivity index (χ3v) is 5.78. The third-order valence-electron chi connectivity index (χ3n) is 5.49. The van der Waals surface area contributed by atoms with E-state index in [2.05, 4.69) is 15.7 Å². The second-order valence-corrected chi connectivity index (χ2v) is 9.87. The van der Waals surface area contributed by atoms with E-state index < -0.39 is 29.3 Å². The molecular formula is C22H26ClFN6O3. The van der Waals surface area contributed by atoms with Crippen LogP contribution in [0.1, 0.15) is 55.7 Å². The maximum atomic E-state index is 13.8. The summed E-state index contributed by atoms with van der Waals surface area (Å²) in [5.74, 6) is -1.35. The summed E-state index contributed by atoms with van der Waals surface area (Å²) in [6.45, 7) is 5.51. The highest BCUT2D eigenvalue weighted by molar-refractivity contribution is 6.31. The Labute approximate surface area is 195 Å². The minimum atomic E-state index is -0.868. The standard InChI is InChI=1S/C22H26ClFN6O3/c1-22(2,3)27-20(32)17-15-9-29(21(25)33)10-16(19(31)26-12-5-6-12)30(15)28-18(17)11-4-7-14(24)13(23)8-11/h4,7-8,12,16H,5-6,9-10H2,1-3H3,(H2,25,33)(H,26,31)(H,27,32). The third kappa shape index (κ3) is 4.80. The van der Waals surface area contributed by atoms with Gasteiger partial charge in [-0.1, -0.05) is 11.6 Å². The molecule has 2 aromatic rings. The minimum Gasteiger partial charge on any atom is -0.351 e. The zero-order valence-electron chi connectivity index (χ0n) is 18.6. The van der Waals surface area contributed by atoms with Crippen LogP contribution in [0, 0.1) is 5.82 Å². The number of fused-ring (bicyclic) bond motifs is 1. The predicted molar refractivity (Wildman–Crippen MR) is 120 cm³/mol. The van der Waals surface area contributed by atoms with Gasteiger partial charge in [-0.2, -0.15) is 5.10 Å². The summed E-state index contributed by atoms with van der Waals surface area (Å²) < 4.78 is 15.3. The van der Waals surface area contributed by atoms with Crippen LogP contribution in [-0.4, -0.2) is 50.7 Å². The van der Waals surface area contributed by atoms with Gasteiger partial charge in [-0.15, -0.1) is 0 Å². The molecule has 1 atom stereocenters. The number of benzene rings is 1. The molecule has 1 unspecified atom stereocenters. The van der Waals surface area contributed by atoms with Gasteiger partial charge in [0.1, 0.15) is 17.6 Å². The molecule has 176 valence electrons. The van der Waals surface area contributed by atoms with Gasteiger partial charge in [-0.3, -0.25) is 14.3 Å². The van der Waals surface area contributed by atoms with Crippen LogP contribution in [0.5, 0.6) is 0 Å². The molecule has 9 nitrogen and oxygen atoms in total. The van der Waals surface area contributed by atoms with Gasteiger partial charge >= 0.3 is 6.03 Å². The molecule has 0 bridgehead atoms. The van der Waals surface area contributed by atoms with Gasteiger partial charge < -0.3 is 21.3 Å². The van der Waals surface area contributed by atoms with Crippen LogP contribution in [0.3, 0.4) is 0 Å². The van der Waals surface area contributed by atoms with Crippen molar-refractivity contribution in [3.05, 3.63) is 40.3 Å². The van der Waals surface area contributed by atoms with E-state index in [4.69, 9.17) is 17.3 Å². The molecule has 0 spiro atoms. The number of nitrogens with one attached hydrogen (secondary N) is 2. The van der Waals surface area contributed by atoms with Crippen LogP contribution in [0.4, 0.5) is 9.18 Å². The van der Waals surface area contributed by atoms with Gasteiger partial charge in [0.2, 0.25) is 5.91 Å². The van der Waals surface area contributed by atoms with Crippen LogP contribution in [0.2, 0.25) is 5.02 Å². The first-order valence-electron chi connectivity index (χ1n) is 10.7. The molecule has 2 heterocycles. The largest absolute Gasteiger partial charge is 0.351 e. The summed E-state index contributed by atoms with van der Waals surface area (Å²) in [5.41, 5.74) is 6.19. The smallest absolute Gasteiger partial charge is 0.315 e. The van der Waals surface area contributed by atoms with Crippen molar-refractivity contribution in [1.29, 1.82) is 0 Å². The van der Waals surface area contributed by atoms with Gasteiger partial charge in [0, 0.05) is 17.1 Å². The van der Waals surface area contributed by atoms with Crippen LogP contribution >= 0.6 is 11.6 Å². The number of hydrogen-bond donors (Lipinski definition) is 3. The number of urea groups is 1. The average molecular weight is 477 g/mol. The van der Waals surface area contributed by atoms with Gasteiger partial charge in [0.05, 0.1) is 29.4 Å². The number of halogens is 2. The highest BCUT2D eigenvalue weighted by atomic mass is 35.5. The molecule has 1 aromatic heterocycles. The number of carbonyl (C=O) groups is 3.